The Morgan fingerprint density at radius 2 is 2.00 bits per heavy atom. The lowest BCUT2D eigenvalue weighted by Crippen LogP contribution is -2.24. The third-order valence-corrected chi connectivity index (χ3v) is 4.30. The van der Waals surface area contributed by atoms with E-state index in [1.54, 1.807) is 0 Å². The lowest BCUT2D eigenvalue weighted by Gasteiger charge is -2.22. The second kappa shape index (κ2) is 6.50. The summed E-state index contributed by atoms with van der Waals surface area (Å²) in [5, 5.41) is 0. The number of hydrogen-bond acceptors (Lipinski definition) is 5. The van der Waals surface area contributed by atoms with Crippen LogP contribution in [0.4, 0.5) is 5.82 Å². The van der Waals surface area contributed by atoms with Crippen molar-refractivity contribution < 1.29 is 4.74 Å². The van der Waals surface area contributed by atoms with E-state index < -0.39 is 0 Å². The first-order valence-electron chi connectivity index (χ1n) is 7.83. The minimum absolute atomic E-state index is 0.276. The molecule has 1 aliphatic heterocycles. The van der Waals surface area contributed by atoms with Crippen LogP contribution in [0.3, 0.4) is 0 Å². The number of ether oxygens (including phenoxy) is 1. The smallest absolute Gasteiger partial charge is 0.147 e. The van der Waals surface area contributed by atoms with Crippen molar-refractivity contribution in [3.8, 4) is 0 Å². The second-order valence-electron chi connectivity index (χ2n) is 5.81. The van der Waals surface area contributed by atoms with Gasteiger partial charge in [0.05, 0.1) is 6.10 Å². The van der Waals surface area contributed by atoms with Gasteiger partial charge in [-0.25, -0.2) is 15.8 Å². The number of nitrogens with two attached hydrogens (primary N) is 1. The Hall–Kier alpha value is -1.20. The number of aromatic nitrogens is 2. The van der Waals surface area contributed by atoms with Crippen molar-refractivity contribution >= 4 is 5.82 Å². The number of nitrogen functional groups attached to an aromatic ring is 1. The number of nitrogens with zero attached hydrogens (tertiary/aromatic N) is 2. The molecule has 1 saturated heterocycles. The average Bonchev–Trinajstić information content (AvgIpc) is 2.73. The molecule has 1 unspecified atom stereocenters. The van der Waals surface area contributed by atoms with E-state index in [0.29, 0.717) is 0 Å². The van der Waals surface area contributed by atoms with Crippen molar-refractivity contribution in [2.75, 3.05) is 12.0 Å². The molecule has 0 radical (unpaired) electrons. The molecule has 0 saturated carbocycles. The third-order valence-electron chi connectivity index (χ3n) is 4.30. The molecule has 3 N–H and O–H groups in total. The zero-order valence-corrected chi connectivity index (χ0v) is 12.0. The maximum atomic E-state index is 5.79. The van der Waals surface area contributed by atoms with E-state index in [9.17, 15) is 0 Å². The molecule has 0 amide bonds. The molecule has 1 aromatic heterocycles. The van der Waals surface area contributed by atoms with E-state index in [4.69, 9.17) is 15.6 Å². The van der Waals surface area contributed by atoms with Crippen LogP contribution in [0.1, 0.15) is 55.6 Å². The number of nitrogens with one attached hydrogen (secondary N) is 1. The van der Waals surface area contributed by atoms with Crippen molar-refractivity contribution in [3.05, 3.63) is 17.1 Å². The van der Waals surface area contributed by atoms with Gasteiger partial charge in [-0.1, -0.05) is 6.42 Å². The Balaban J connectivity index is 1.82. The van der Waals surface area contributed by atoms with Gasteiger partial charge in [-0.2, -0.15) is 0 Å². The van der Waals surface area contributed by atoms with E-state index >= 15 is 0 Å². The molecular weight excluding hydrogens is 252 g/mol. The van der Waals surface area contributed by atoms with Crippen LogP contribution >= 0.6 is 0 Å². The van der Waals surface area contributed by atoms with Crippen LogP contribution in [0, 0.1) is 0 Å². The second-order valence-corrected chi connectivity index (χ2v) is 5.81. The molecule has 2 aliphatic rings. The van der Waals surface area contributed by atoms with Crippen molar-refractivity contribution in [2.45, 2.75) is 63.9 Å². The molecule has 110 valence electrons. The zero-order valence-electron chi connectivity index (χ0n) is 12.0. The van der Waals surface area contributed by atoms with Crippen molar-refractivity contribution in [3.63, 3.8) is 0 Å². The Labute approximate surface area is 120 Å². The van der Waals surface area contributed by atoms with E-state index in [1.807, 2.05) is 0 Å². The van der Waals surface area contributed by atoms with Gasteiger partial charge < -0.3 is 10.2 Å². The zero-order chi connectivity index (χ0) is 13.8. The lowest BCUT2D eigenvalue weighted by molar-refractivity contribution is 0.0156. The van der Waals surface area contributed by atoms with Crippen molar-refractivity contribution in [1.82, 2.24) is 9.97 Å². The van der Waals surface area contributed by atoms with Crippen molar-refractivity contribution in [1.29, 1.82) is 0 Å². The van der Waals surface area contributed by atoms with Crippen LogP contribution in [-0.4, -0.2) is 22.7 Å². The molecule has 5 nitrogen and oxygen atoms in total. The third kappa shape index (κ3) is 3.10. The van der Waals surface area contributed by atoms with E-state index in [-0.39, 0.29) is 6.10 Å². The summed E-state index contributed by atoms with van der Waals surface area (Å²) in [6.45, 7) is 0.873. The van der Waals surface area contributed by atoms with Gasteiger partial charge in [-0.3, -0.25) is 0 Å². The molecule has 2 heterocycles. The van der Waals surface area contributed by atoms with Gasteiger partial charge >= 0.3 is 0 Å². The van der Waals surface area contributed by atoms with E-state index in [0.717, 1.165) is 43.9 Å². The standard InChI is InChI=1S/C15H24N4O/c16-19-15-12-7-2-1-3-8-13(12)17-14(18-15)10-11-6-4-5-9-20-11/h11H,1-10,16H2,(H,17,18,19). The minimum Gasteiger partial charge on any atom is -0.378 e. The molecule has 0 bridgehead atoms. The average molecular weight is 276 g/mol. The predicted octanol–water partition coefficient (Wildman–Crippen LogP) is 2.14. The van der Waals surface area contributed by atoms with Crippen LogP contribution in [0.15, 0.2) is 0 Å². The highest BCUT2D eigenvalue weighted by atomic mass is 16.5. The Bertz CT molecular complexity index is 457. The van der Waals surface area contributed by atoms with Gasteiger partial charge in [-0.05, 0) is 44.9 Å². The molecule has 3 rings (SSSR count). The highest BCUT2D eigenvalue weighted by Gasteiger charge is 2.20. The Kier molecular flexibility index (Phi) is 4.47. The molecular formula is C15H24N4O. The molecule has 0 aromatic carbocycles. The highest BCUT2D eigenvalue weighted by Crippen LogP contribution is 2.25. The van der Waals surface area contributed by atoms with Gasteiger partial charge in [0.15, 0.2) is 0 Å². The van der Waals surface area contributed by atoms with Gasteiger partial charge in [-0.15, -0.1) is 0 Å². The van der Waals surface area contributed by atoms with Crippen molar-refractivity contribution in [2.24, 2.45) is 5.84 Å². The first-order valence-corrected chi connectivity index (χ1v) is 7.83. The summed E-state index contributed by atoms with van der Waals surface area (Å²) in [7, 11) is 0. The number of rotatable bonds is 3. The monoisotopic (exact) mass is 276 g/mol. The predicted molar refractivity (Wildman–Crippen MR) is 78.4 cm³/mol. The summed E-state index contributed by atoms with van der Waals surface area (Å²) in [6, 6.07) is 0. The van der Waals surface area contributed by atoms with E-state index in [2.05, 4.69) is 10.4 Å². The van der Waals surface area contributed by atoms with Crippen LogP contribution in [0.25, 0.3) is 0 Å². The fourth-order valence-corrected chi connectivity index (χ4v) is 3.20. The summed E-state index contributed by atoms with van der Waals surface area (Å²) < 4.78 is 5.79. The number of hydrogen-bond donors (Lipinski definition) is 2. The maximum Gasteiger partial charge on any atom is 0.147 e. The van der Waals surface area contributed by atoms with Gasteiger partial charge in [0.2, 0.25) is 0 Å². The minimum atomic E-state index is 0.276. The van der Waals surface area contributed by atoms with E-state index in [1.165, 1.54) is 43.4 Å². The van der Waals surface area contributed by atoms with Crippen LogP contribution < -0.4 is 11.3 Å². The summed E-state index contributed by atoms with van der Waals surface area (Å²) in [5.41, 5.74) is 5.18. The summed E-state index contributed by atoms with van der Waals surface area (Å²) in [5.74, 6) is 7.36. The summed E-state index contributed by atoms with van der Waals surface area (Å²) in [6.07, 6.45) is 10.4. The molecule has 1 atom stereocenters. The Morgan fingerprint density at radius 1 is 1.10 bits per heavy atom. The molecule has 0 spiro atoms. The fraction of sp³-hybridized carbons (Fsp3) is 0.733. The molecule has 5 heteroatoms. The first-order chi connectivity index (χ1) is 9.86. The summed E-state index contributed by atoms with van der Waals surface area (Å²) in [4.78, 5) is 9.40. The Morgan fingerprint density at radius 3 is 2.80 bits per heavy atom. The molecule has 20 heavy (non-hydrogen) atoms. The van der Waals surface area contributed by atoms with Gasteiger partial charge in [0, 0.05) is 24.3 Å². The van der Waals surface area contributed by atoms with Crippen LogP contribution in [-0.2, 0) is 24.0 Å². The number of anilines is 1. The van der Waals surface area contributed by atoms with Gasteiger partial charge in [0.25, 0.3) is 0 Å². The van der Waals surface area contributed by atoms with Crippen LogP contribution in [0.5, 0.6) is 0 Å². The quantitative estimate of drug-likeness (QED) is 0.503. The largest absolute Gasteiger partial charge is 0.378 e. The van der Waals surface area contributed by atoms with Crippen LogP contribution in [0.2, 0.25) is 0 Å². The summed E-state index contributed by atoms with van der Waals surface area (Å²) >= 11 is 0. The SMILES string of the molecule is NNc1nc(CC2CCCCO2)nc2c1CCCCC2. The molecule has 1 aliphatic carbocycles. The molecule has 1 fully saturated rings. The van der Waals surface area contributed by atoms with Gasteiger partial charge in [0.1, 0.15) is 11.6 Å². The normalized spacial score (nSPS) is 22.9. The highest BCUT2D eigenvalue weighted by molar-refractivity contribution is 5.46. The number of fused-ring (bicyclic) bond motifs is 1. The lowest BCUT2D eigenvalue weighted by atomic mass is 10.1. The number of aryl methyl sites for hydroxylation is 1. The topological polar surface area (TPSA) is 73.1 Å². The number of hydrazine groups is 1. The first kappa shape index (κ1) is 13.8. The fourth-order valence-electron chi connectivity index (χ4n) is 3.20. The maximum absolute atomic E-state index is 5.79. The molecule has 1 aromatic rings.